The Morgan fingerprint density at radius 1 is 1.07 bits per heavy atom. The minimum atomic E-state index is -4.62. The van der Waals surface area contributed by atoms with Gasteiger partial charge >= 0.3 is 6.18 Å². The predicted molar refractivity (Wildman–Crippen MR) is 147 cm³/mol. The van der Waals surface area contributed by atoms with Crippen LogP contribution in [0.25, 0.3) is 17.2 Å². The third-order valence-electron chi connectivity index (χ3n) is 6.40. The molecule has 1 saturated heterocycles. The van der Waals surface area contributed by atoms with Gasteiger partial charge in [0.25, 0.3) is 5.91 Å². The molecule has 1 amide bonds. The first kappa shape index (κ1) is 28.1. The molecule has 0 radical (unpaired) electrons. The Hall–Kier alpha value is -4.49. The molecule has 10 nitrogen and oxygen atoms in total. The minimum absolute atomic E-state index is 0.0340. The van der Waals surface area contributed by atoms with E-state index >= 15 is 0 Å². The zero-order chi connectivity index (χ0) is 29.0. The lowest BCUT2D eigenvalue weighted by atomic mass is 10.1. The van der Waals surface area contributed by atoms with Crippen LogP contribution in [0.2, 0.25) is 0 Å². The molecular weight excluding hydrogens is 539 g/mol. The van der Waals surface area contributed by atoms with Crippen LogP contribution in [0.15, 0.2) is 67.1 Å². The van der Waals surface area contributed by atoms with Crippen molar-refractivity contribution in [3.63, 3.8) is 0 Å². The number of alkyl halides is 3. The number of nitrogens with zero attached hydrogens (tertiary/aromatic N) is 5. The summed E-state index contributed by atoms with van der Waals surface area (Å²) in [5, 5.41) is 15.1. The van der Waals surface area contributed by atoms with Gasteiger partial charge in [-0.15, -0.1) is 0 Å². The van der Waals surface area contributed by atoms with Gasteiger partial charge in [-0.25, -0.2) is 9.97 Å². The van der Waals surface area contributed by atoms with Crippen molar-refractivity contribution < 1.29 is 27.8 Å². The molecule has 2 aromatic carbocycles. The molecule has 2 aromatic heterocycles. The van der Waals surface area contributed by atoms with Gasteiger partial charge in [0.2, 0.25) is 5.95 Å². The summed E-state index contributed by atoms with van der Waals surface area (Å²) >= 11 is 0. The summed E-state index contributed by atoms with van der Waals surface area (Å²) in [6, 6.07) is 12.1. The number of aromatic nitrogens is 4. The highest BCUT2D eigenvalue weighted by atomic mass is 19.4. The molecule has 13 heteroatoms. The molecule has 4 aromatic rings. The zero-order valence-electron chi connectivity index (χ0n) is 22.1. The SMILES string of the molecule is C[C@H](O)CNc1nccc(-n2ccnc2-c2ccc(NC(=O)c3ccc(N4CCOCC4)c(C(F)(F)F)c3)cc2)n1. The molecule has 1 atom stereocenters. The zero-order valence-corrected chi connectivity index (χ0v) is 22.1. The molecule has 0 saturated carbocycles. The van der Waals surface area contributed by atoms with E-state index in [-0.39, 0.29) is 11.3 Å². The third-order valence-corrected chi connectivity index (χ3v) is 6.40. The molecule has 1 fully saturated rings. The monoisotopic (exact) mass is 567 g/mol. The Kier molecular flexibility index (Phi) is 8.17. The highest BCUT2D eigenvalue weighted by Crippen LogP contribution is 2.37. The van der Waals surface area contributed by atoms with E-state index in [0.29, 0.717) is 56.1 Å². The number of rotatable bonds is 8. The second-order valence-electron chi connectivity index (χ2n) is 9.45. The number of halogens is 3. The van der Waals surface area contributed by atoms with Crippen LogP contribution in [0.3, 0.4) is 0 Å². The molecular formula is C28H28F3N7O3. The number of ether oxygens (including phenoxy) is 1. The topological polar surface area (TPSA) is 117 Å². The summed E-state index contributed by atoms with van der Waals surface area (Å²) in [7, 11) is 0. The van der Waals surface area contributed by atoms with Crippen LogP contribution in [0.5, 0.6) is 0 Å². The van der Waals surface area contributed by atoms with Gasteiger partial charge in [-0.3, -0.25) is 9.36 Å². The van der Waals surface area contributed by atoms with Crippen molar-refractivity contribution in [1.29, 1.82) is 0 Å². The molecule has 0 spiro atoms. The fourth-order valence-electron chi connectivity index (χ4n) is 4.40. The predicted octanol–water partition coefficient (Wildman–Crippen LogP) is 4.23. The summed E-state index contributed by atoms with van der Waals surface area (Å²) in [5.74, 6) is 0.833. The first-order valence-electron chi connectivity index (χ1n) is 12.9. The maximum atomic E-state index is 13.9. The minimum Gasteiger partial charge on any atom is -0.392 e. The van der Waals surface area contributed by atoms with Crippen LogP contribution in [-0.4, -0.2) is 69.5 Å². The number of nitrogens with one attached hydrogen (secondary N) is 2. The van der Waals surface area contributed by atoms with Crippen molar-refractivity contribution in [3.05, 3.63) is 78.2 Å². The number of benzene rings is 2. The maximum Gasteiger partial charge on any atom is 0.418 e. The van der Waals surface area contributed by atoms with Crippen LogP contribution in [0.1, 0.15) is 22.8 Å². The summed E-state index contributed by atoms with van der Waals surface area (Å²) in [6.45, 7) is 3.32. The van der Waals surface area contributed by atoms with Crippen LogP contribution in [0, 0.1) is 0 Å². The van der Waals surface area contributed by atoms with Crippen molar-refractivity contribution in [3.8, 4) is 17.2 Å². The van der Waals surface area contributed by atoms with Gasteiger partial charge in [-0.1, -0.05) is 0 Å². The van der Waals surface area contributed by atoms with Gasteiger partial charge in [0.1, 0.15) is 11.6 Å². The lowest BCUT2D eigenvalue weighted by molar-refractivity contribution is -0.137. The van der Waals surface area contributed by atoms with Gasteiger partial charge < -0.3 is 25.4 Å². The first-order chi connectivity index (χ1) is 19.7. The van der Waals surface area contributed by atoms with Gasteiger partial charge in [0, 0.05) is 60.7 Å². The van der Waals surface area contributed by atoms with E-state index in [1.807, 2.05) is 0 Å². The summed E-state index contributed by atoms with van der Waals surface area (Å²) in [5.41, 5.74) is 0.210. The molecule has 214 valence electrons. The normalized spacial score (nSPS) is 14.5. The van der Waals surface area contributed by atoms with E-state index in [2.05, 4.69) is 25.6 Å². The number of aliphatic hydroxyl groups is 1. The van der Waals surface area contributed by atoms with Crippen LogP contribution in [-0.2, 0) is 10.9 Å². The van der Waals surface area contributed by atoms with Crippen molar-refractivity contribution in [2.75, 3.05) is 48.4 Å². The number of amides is 1. The second-order valence-corrected chi connectivity index (χ2v) is 9.45. The van der Waals surface area contributed by atoms with E-state index in [0.717, 1.165) is 11.6 Å². The Labute approximate surface area is 233 Å². The van der Waals surface area contributed by atoms with E-state index in [1.165, 1.54) is 12.1 Å². The van der Waals surface area contributed by atoms with Crippen LogP contribution >= 0.6 is 0 Å². The fraction of sp³-hybridized carbons (Fsp3) is 0.286. The Morgan fingerprint density at radius 2 is 1.83 bits per heavy atom. The average molecular weight is 568 g/mol. The van der Waals surface area contributed by atoms with Gasteiger partial charge in [0.05, 0.1) is 24.9 Å². The number of carbonyl (C=O) groups excluding carboxylic acids is 1. The molecule has 1 aliphatic rings. The number of imidazole rings is 1. The number of aliphatic hydroxyl groups excluding tert-OH is 1. The van der Waals surface area contributed by atoms with Gasteiger partial charge in [0.15, 0.2) is 0 Å². The molecule has 41 heavy (non-hydrogen) atoms. The molecule has 5 rings (SSSR count). The quantitative estimate of drug-likeness (QED) is 0.290. The Bertz CT molecular complexity index is 1500. The maximum absolute atomic E-state index is 13.9. The van der Waals surface area contributed by atoms with Crippen molar-refractivity contribution in [2.45, 2.75) is 19.2 Å². The van der Waals surface area contributed by atoms with E-state index in [4.69, 9.17) is 4.74 Å². The smallest absolute Gasteiger partial charge is 0.392 e. The lowest BCUT2D eigenvalue weighted by Gasteiger charge is -2.31. The largest absolute Gasteiger partial charge is 0.418 e. The number of hydrogen-bond donors (Lipinski definition) is 3. The van der Waals surface area contributed by atoms with Gasteiger partial charge in [-0.05, 0) is 55.5 Å². The van der Waals surface area contributed by atoms with E-state index < -0.39 is 23.8 Å². The summed E-state index contributed by atoms with van der Waals surface area (Å²) in [6.07, 6.45) is -0.233. The molecule has 3 N–H and O–H groups in total. The number of morpholine rings is 1. The highest BCUT2D eigenvalue weighted by molar-refractivity contribution is 6.04. The van der Waals surface area contributed by atoms with Crippen molar-refractivity contribution in [1.82, 2.24) is 19.5 Å². The molecule has 3 heterocycles. The standard InChI is InChI=1S/C28H28F3N7O3/c1-18(39)17-34-27-33-9-8-24(36-27)38-11-10-32-25(38)19-2-5-21(6-3-19)35-26(40)20-4-7-23(22(16-20)28(29,30)31)37-12-14-41-15-13-37/h2-11,16,18,39H,12-15,17H2,1H3,(H,35,40)(H,33,34,36)/t18-/m0/s1. The summed E-state index contributed by atoms with van der Waals surface area (Å²) in [4.78, 5) is 27.6. The van der Waals surface area contributed by atoms with Crippen molar-refractivity contribution >= 4 is 23.2 Å². The number of hydrogen-bond acceptors (Lipinski definition) is 8. The lowest BCUT2D eigenvalue weighted by Crippen LogP contribution is -2.37. The number of carbonyl (C=O) groups is 1. The number of anilines is 3. The second kappa shape index (κ2) is 11.9. The molecule has 0 aliphatic carbocycles. The highest BCUT2D eigenvalue weighted by Gasteiger charge is 2.36. The molecule has 0 unspecified atom stereocenters. The molecule has 1 aliphatic heterocycles. The van der Waals surface area contributed by atoms with Crippen LogP contribution < -0.4 is 15.5 Å². The first-order valence-corrected chi connectivity index (χ1v) is 12.9. The third kappa shape index (κ3) is 6.64. The van der Waals surface area contributed by atoms with Crippen LogP contribution in [0.4, 0.5) is 30.5 Å². The van der Waals surface area contributed by atoms with E-state index in [1.54, 1.807) is 65.3 Å². The fourth-order valence-corrected chi connectivity index (χ4v) is 4.40. The Morgan fingerprint density at radius 3 is 2.54 bits per heavy atom. The van der Waals surface area contributed by atoms with Crippen molar-refractivity contribution in [2.24, 2.45) is 0 Å². The summed E-state index contributed by atoms with van der Waals surface area (Å²) < 4.78 is 48.7. The average Bonchev–Trinajstić information content (AvgIpc) is 3.46. The molecule has 0 bridgehead atoms. The Balaban J connectivity index is 1.32. The van der Waals surface area contributed by atoms with E-state index in [9.17, 15) is 23.1 Å². The van der Waals surface area contributed by atoms with Gasteiger partial charge in [-0.2, -0.15) is 18.2 Å².